The lowest BCUT2D eigenvalue weighted by molar-refractivity contribution is -0.135. The molecule has 0 aliphatic rings. The van der Waals surface area contributed by atoms with Crippen molar-refractivity contribution in [2.45, 2.75) is 13.8 Å². The maximum Gasteiger partial charge on any atom is 0.300 e. The van der Waals surface area contributed by atoms with Crippen LogP contribution in [0.2, 0.25) is 5.02 Å². The average molecular weight is 375 g/mol. The zero-order valence-corrected chi connectivity index (χ0v) is 12.1. The van der Waals surface area contributed by atoms with E-state index in [9.17, 15) is 3.07 Å². The fourth-order valence-electron chi connectivity index (χ4n) is 0.481. The van der Waals surface area contributed by atoms with E-state index >= 15 is 0 Å². The highest BCUT2D eigenvalue weighted by atomic mass is 127. The van der Waals surface area contributed by atoms with Crippen LogP contribution in [-0.2, 0) is 12.7 Å². The summed E-state index contributed by atoms with van der Waals surface area (Å²) in [4.78, 5) is 18.0. The minimum Gasteiger partial charge on any atom is -0.481 e. The highest BCUT2D eigenvalue weighted by Gasteiger charge is 1.88. The number of aliphatic carboxylic acids is 2. The van der Waals surface area contributed by atoms with Crippen LogP contribution < -0.4 is 0 Å². The van der Waals surface area contributed by atoms with E-state index in [-0.39, 0.29) is 0 Å². The number of carboxylic acid groups (broad SMARTS) is 2. The molecule has 0 aliphatic heterocycles. The first-order valence-electron chi connectivity index (χ1n) is 4.21. The van der Waals surface area contributed by atoms with Gasteiger partial charge in [0.2, 0.25) is 0 Å². The van der Waals surface area contributed by atoms with Crippen molar-refractivity contribution in [2.75, 3.05) is 0 Å². The van der Waals surface area contributed by atoms with Gasteiger partial charge in [-0.2, -0.15) is 0 Å². The lowest BCUT2D eigenvalue weighted by Gasteiger charge is -1.86. The summed E-state index contributed by atoms with van der Waals surface area (Å²) >= 11 is 4.57. The van der Waals surface area contributed by atoms with Crippen molar-refractivity contribution in [1.29, 1.82) is 0 Å². The van der Waals surface area contributed by atoms with Gasteiger partial charge in [-0.05, 0) is 24.3 Å². The summed E-state index contributed by atoms with van der Waals surface area (Å²) in [6.45, 7) is 2.17. The Morgan fingerprint density at radius 3 is 1.59 bits per heavy atom. The fourth-order valence-corrected chi connectivity index (χ4v) is 1.26. The Bertz CT molecular complexity index is 343. The maximum absolute atomic E-state index is 10.3. The van der Waals surface area contributed by atoms with E-state index < -0.39 is 33.1 Å². The van der Waals surface area contributed by atoms with Gasteiger partial charge in [0.25, 0.3) is 11.9 Å². The van der Waals surface area contributed by atoms with Crippen LogP contribution in [0, 0.1) is 3.57 Å². The number of halogens is 2. The van der Waals surface area contributed by atoms with E-state index in [1.165, 1.54) is 0 Å². The molecule has 0 bridgehead atoms. The van der Waals surface area contributed by atoms with Crippen LogP contribution in [0.3, 0.4) is 0 Å². The van der Waals surface area contributed by atoms with Crippen LogP contribution in [0.5, 0.6) is 0 Å². The first-order chi connectivity index (χ1) is 7.79. The summed E-state index contributed by atoms with van der Waals surface area (Å²) in [7, 11) is 0. The molecule has 0 fully saturated rings. The molecule has 0 aromatic heterocycles. The van der Waals surface area contributed by atoms with E-state index in [0.29, 0.717) is 5.02 Å². The molecule has 2 N–H and O–H groups in total. The Hall–Kier alpha value is -1.02. The van der Waals surface area contributed by atoms with Crippen LogP contribution in [-0.4, -0.2) is 22.2 Å². The van der Waals surface area contributed by atoms with Gasteiger partial charge >= 0.3 is 0 Å². The minimum atomic E-state index is -1.01. The molecule has 96 valence electrons. The van der Waals surface area contributed by atoms with Gasteiger partial charge in [-0.1, -0.05) is 11.6 Å². The molecule has 1 aromatic rings. The van der Waals surface area contributed by atoms with Crippen molar-refractivity contribution in [3.63, 3.8) is 0 Å². The summed E-state index contributed by atoms with van der Waals surface area (Å²) in [5, 5.41) is 15.5. The molecule has 0 saturated heterocycles. The van der Waals surface area contributed by atoms with Gasteiger partial charge in [0.05, 0.1) is 0 Å². The predicted molar refractivity (Wildman–Crippen MR) is 71.5 cm³/mol. The van der Waals surface area contributed by atoms with Gasteiger partial charge in [0, 0.05) is 22.4 Å². The third-order valence-corrected chi connectivity index (χ3v) is 2.37. The SMILES string of the molecule is CC(=O)O.CC(=O)O.O=Ic1ccc(Cl)cc1. The largest absolute Gasteiger partial charge is 0.481 e. The van der Waals surface area contributed by atoms with Crippen LogP contribution in [0.15, 0.2) is 24.3 Å². The first kappa shape index (κ1) is 18.3. The van der Waals surface area contributed by atoms with E-state index in [2.05, 4.69) is 0 Å². The number of hydrogen-bond acceptors (Lipinski definition) is 3. The molecule has 0 atom stereocenters. The van der Waals surface area contributed by atoms with E-state index in [4.69, 9.17) is 31.4 Å². The topological polar surface area (TPSA) is 91.7 Å². The predicted octanol–water partition coefficient (Wildman–Crippen LogP) is 3.01. The molecule has 17 heavy (non-hydrogen) atoms. The van der Waals surface area contributed by atoms with Crippen molar-refractivity contribution in [3.05, 3.63) is 32.9 Å². The summed E-state index contributed by atoms with van der Waals surface area (Å²) < 4.78 is 11.2. The van der Waals surface area contributed by atoms with Gasteiger partial charge in [-0.3, -0.25) is 12.7 Å². The highest BCUT2D eigenvalue weighted by molar-refractivity contribution is 14.1. The molecule has 1 rings (SSSR count). The molecule has 1 aromatic carbocycles. The molecule has 5 nitrogen and oxygen atoms in total. The number of hydrogen-bond donors (Lipinski definition) is 2. The minimum absolute atomic E-state index is 0.691. The second-order valence-electron chi connectivity index (χ2n) is 2.55. The van der Waals surface area contributed by atoms with Crippen LogP contribution in [0.4, 0.5) is 0 Å². The quantitative estimate of drug-likeness (QED) is 0.737. The Labute approximate surface area is 114 Å². The molecule has 0 spiro atoms. The van der Waals surface area contributed by atoms with E-state index in [0.717, 1.165) is 17.4 Å². The van der Waals surface area contributed by atoms with Gasteiger partial charge in [0.15, 0.2) is 21.2 Å². The van der Waals surface area contributed by atoms with E-state index in [1.54, 1.807) is 24.3 Å². The molecule has 0 saturated carbocycles. The molecular weight excluding hydrogens is 362 g/mol. The van der Waals surface area contributed by atoms with Gasteiger partial charge < -0.3 is 10.2 Å². The Balaban J connectivity index is 0. The third-order valence-electron chi connectivity index (χ3n) is 0.893. The smallest absolute Gasteiger partial charge is 0.300 e. The van der Waals surface area contributed by atoms with Crippen LogP contribution >= 0.6 is 32.8 Å². The molecule has 0 unspecified atom stereocenters. The van der Waals surface area contributed by atoms with Gasteiger partial charge in [-0.25, -0.2) is 0 Å². The zero-order chi connectivity index (χ0) is 13.8. The molecule has 0 aliphatic carbocycles. The van der Waals surface area contributed by atoms with Crippen molar-refractivity contribution in [2.24, 2.45) is 0 Å². The number of rotatable bonds is 1. The molecule has 0 amide bonds. The van der Waals surface area contributed by atoms with E-state index in [1.807, 2.05) is 0 Å². The highest BCUT2D eigenvalue weighted by Crippen LogP contribution is 2.13. The lowest BCUT2D eigenvalue weighted by Crippen LogP contribution is -1.78. The zero-order valence-electron chi connectivity index (χ0n) is 9.18. The van der Waals surface area contributed by atoms with Crippen molar-refractivity contribution in [1.82, 2.24) is 0 Å². The standard InChI is InChI=1S/C6H4ClIO.2C2H4O2/c7-5-1-3-6(8-9)4-2-5;2*1-2(3)4/h1-4H;2*1H3,(H,3,4). The molecule has 0 heterocycles. The second kappa shape index (κ2) is 11.5. The Morgan fingerprint density at radius 2 is 1.35 bits per heavy atom. The van der Waals surface area contributed by atoms with Crippen molar-refractivity contribution < 1.29 is 22.9 Å². The Kier molecular flexibility index (Phi) is 12.4. The number of benzene rings is 1. The molecular formula is C10H12ClIO5. The summed E-state index contributed by atoms with van der Waals surface area (Å²) in [6, 6.07) is 7.05. The Morgan fingerprint density at radius 1 is 1.06 bits per heavy atom. The van der Waals surface area contributed by atoms with Crippen LogP contribution in [0.1, 0.15) is 13.8 Å². The monoisotopic (exact) mass is 374 g/mol. The number of carbonyl (C=O) groups is 2. The number of carboxylic acids is 2. The maximum atomic E-state index is 10.3. The first-order valence-corrected chi connectivity index (χ1v) is 6.55. The molecule has 7 heteroatoms. The fraction of sp³-hybridized carbons (Fsp3) is 0.200. The van der Waals surface area contributed by atoms with Gasteiger partial charge in [0.1, 0.15) is 0 Å². The summed E-state index contributed by atoms with van der Waals surface area (Å²) in [5.41, 5.74) is 0. The second-order valence-corrected chi connectivity index (χ2v) is 4.67. The summed E-state index contributed by atoms with van der Waals surface area (Å²) in [5.74, 6) is -1.67. The average Bonchev–Trinajstić information content (AvgIpc) is 2.17. The summed E-state index contributed by atoms with van der Waals surface area (Å²) in [6.07, 6.45) is 0. The normalized spacial score (nSPS) is 7.94. The third kappa shape index (κ3) is 20.9. The van der Waals surface area contributed by atoms with Crippen molar-refractivity contribution in [3.8, 4) is 0 Å². The van der Waals surface area contributed by atoms with Crippen LogP contribution in [0.25, 0.3) is 0 Å². The van der Waals surface area contributed by atoms with Crippen molar-refractivity contribution >= 4 is 44.7 Å². The lowest BCUT2D eigenvalue weighted by atomic mass is 10.4. The molecule has 0 radical (unpaired) electrons. The van der Waals surface area contributed by atoms with Gasteiger partial charge in [-0.15, -0.1) is 0 Å².